The predicted octanol–water partition coefficient (Wildman–Crippen LogP) is 0.447. The van der Waals surface area contributed by atoms with Gasteiger partial charge in [-0.15, -0.1) is 0 Å². The van der Waals surface area contributed by atoms with Gasteiger partial charge < -0.3 is 9.64 Å². The second-order valence-electron chi connectivity index (χ2n) is 4.48. The average molecular weight is 263 g/mol. The Balaban J connectivity index is 2.63. The number of sulfone groups is 1. The SMILES string of the molecule is CCOC1CCCN(C(=O)C(C)S(C)(=O)=O)C1. The maximum absolute atomic E-state index is 12.0. The second kappa shape index (κ2) is 5.82. The van der Waals surface area contributed by atoms with E-state index in [1.165, 1.54) is 6.92 Å². The number of hydrogen-bond acceptors (Lipinski definition) is 4. The first-order valence-electron chi connectivity index (χ1n) is 5.95. The van der Waals surface area contributed by atoms with Crippen LogP contribution in [0.15, 0.2) is 0 Å². The second-order valence-corrected chi connectivity index (χ2v) is 6.84. The highest BCUT2D eigenvalue weighted by atomic mass is 32.2. The Morgan fingerprint density at radius 3 is 2.71 bits per heavy atom. The molecule has 0 spiro atoms. The summed E-state index contributed by atoms with van der Waals surface area (Å²) in [6.07, 6.45) is 2.95. The summed E-state index contributed by atoms with van der Waals surface area (Å²) in [5.41, 5.74) is 0. The first kappa shape index (κ1) is 14.4. The van der Waals surface area contributed by atoms with E-state index in [1.54, 1.807) is 4.90 Å². The van der Waals surface area contributed by atoms with Crippen molar-refractivity contribution in [1.29, 1.82) is 0 Å². The number of hydrogen-bond donors (Lipinski definition) is 0. The van der Waals surface area contributed by atoms with Gasteiger partial charge in [-0.2, -0.15) is 0 Å². The molecular weight excluding hydrogens is 242 g/mol. The van der Waals surface area contributed by atoms with Crippen molar-refractivity contribution in [3.05, 3.63) is 0 Å². The Morgan fingerprint density at radius 1 is 1.53 bits per heavy atom. The highest BCUT2D eigenvalue weighted by Gasteiger charge is 2.31. The topological polar surface area (TPSA) is 63.7 Å². The van der Waals surface area contributed by atoms with E-state index >= 15 is 0 Å². The van der Waals surface area contributed by atoms with Crippen LogP contribution in [-0.2, 0) is 19.4 Å². The van der Waals surface area contributed by atoms with Crippen LogP contribution in [0.25, 0.3) is 0 Å². The minimum Gasteiger partial charge on any atom is -0.377 e. The quantitative estimate of drug-likeness (QED) is 0.738. The van der Waals surface area contributed by atoms with Crippen LogP contribution < -0.4 is 0 Å². The zero-order valence-corrected chi connectivity index (χ0v) is 11.5. The summed E-state index contributed by atoms with van der Waals surface area (Å²) in [5, 5.41) is -0.956. The fourth-order valence-corrected chi connectivity index (χ4v) is 2.47. The lowest BCUT2D eigenvalue weighted by atomic mass is 10.1. The van der Waals surface area contributed by atoms with Crippen molar-refractivity contribution in [2.75, 3.05) is 26.0 Å². The summed E-state index contributed by atoms with van der Waals surface area (Å²) < 4.78 is 28.2. The Labute approximate surface area is 103 Å². The number of amides is 1. The first-order chi connectivity index (χ1) is 7.86. The van der Waals surface area contributed by atoms with Crippen molar-refractivity contribution in [3.8, 4) is 0 Å². The number of piperidine rings is 1. The molecule has 1 aliphatic rings. The highest BCUT2D eigenvalue weighted by Crippen LogP contribution is 2.15. The first-order valence-corrected chi connectivity index (χ1v) is 7.91. The van der Waals surface area contributed by atoms with Crippen LogP contribution in [0.5, 0.6) is 0 Å². The summed E-state index contributed by atoms with van der Waals surface area (Å²) in [6, 6.07) is 0. The molecule has 0 radical (unpaired) electrons. The van der Waals surface area contributed by atoms with Crippen LogP contribution in [0.4, 0.5) is 0 Å². The predicted molar refractivity (Wildman–Crippen MR) is 65.5 cm³/mol. The molecule has 1 fully saturated rings. The molecule has 0 saturated carbocycles. The van der Waals surface area contributed by atoms with E-state index < -0.39 is 15.1 Å². The molecule has 5 nitrogen and oxygen atoms in total. The molecule has 0 aromatic rings. The molecule has 2 unspecified atom stereocenters. The van der Waals surface area contributed by atoms with E-state index in [2.05, 4.69) is 0 Å². The largest absolute Gasteiger partial charge is 0.377 e. The molecule has 100 valence electrons. The summed E-state index contributed by atoms with van der Waals surface area (Å²) in [6.45, 7) is 5.12. The van der Waals surface area contributed by atoms with Crippen molar-refractivity contribution in [1.82, 2.24) is 4.90 Å². The Bertz CT molecular complexity index is 364. The van der Waals surface area contributed by atoms with Crippen LogP contribution in [0.3, 0.4) is 0 Å². The van der Waals surface area contributed by atoms with Gasteiger partial charge in [-0.05, 0) is 26.7 Å². The number of ether oxygens (including phenoxy) is 1. The van der Waals surface area contributed by atoms with Crippen LogP contribution in [0.1, 0.15) is 26.7 Å². The maximum atomic E-state index is 12.0. The standard InChI is InChI=1S/C11H21NO4S/c1-4-16-10-6-5-7-12(8-10)11(13)9(2)17(3,14)15/h9-10H,4-8H2,1-3H3. The maximum Gasteiger partial charge on any atom is 0.240 e. The lowest BCUT2D eigenvalue weighted by Gasteiger charge is -2.33. The minimum absolute atomic E-state index is 0.0458. The fraction of sp³-hybridized carbons (Fsp3) is 0.909. The van der Waals surface area contributed by atoms with E-state index in [0.29, 0.717) is 19.7 Å². The monoisotopic (exact) mass is 263 g/mol. The Hall–Kier alpha value is -0.620. The van der Waals surface area contributed by atoms with Gasteiger partial charge in [0.05, 0.1) is 6.10 Å². The summed E-state index contributed by atoms with van der Waals surface area (Å²) in [5.74, 6) is -0.308. The number of nitrogens with zero attached hydrogens (tertiary/aromatic N) is 1. The van der Waals surface area contributed by atoms with E-state index in [9.17, 15) is 13.2 Å². The van der Waals surface area contributed by atoms with Crippen LogP contribution in [0.2, 0.25) is 0 Å². The molecule has 0 aromatic carbocycles. The third-order valence-corrected chi connectivity index (χ3v) is 4.57. The molecule has 1 aliphatic heterocycles. The third kappa shape index (κ3) is 3.96. The zero-order valence-electron chi connectivity index (χ0n) is 10.7. The van der Waals surface area contributed by atoms with Gasteiger partial charge >= 0.3 is 0 Å². The third-order valence-electron chi connectivity index (χ3n) is 3.08. The van der Waals surface area contributed by atoms with Crippen molar-refractivity contribution < 1.29 is 17.9 Å². The lowest BCUT2D eigenvalue weighted by molar-refractivity contribution is -0.134. The van der Waals surface area contributed by atoms with Crippen molar-refractivity contribution in [3.63, 3.8) is 0 Å². The molecule has 1 saturated heterocycles. The van der Waals surface area contributed by atoms with Gasteiger partial charge in [-0.25, -0.2) is 8.42 Å². The molecule has 1 rings (SSSR count). The zero-order chi connectivity index (χ0) is 13.1. The number of rotatable bonds is 4. The molecule has 0 bridgehead atoms. The molecule has 6 heteroatoms. The fourth-order valence-electron chi connectivity index (χ4n) is 1.95. The molecule has 17 heavy (non-hydrogen) atoms. The molecule has 2 atom stereocenters. The van der Waals surface area contributed by atoms with Crippen molar-refractivity contribution >= 4 is 15.7 Å². The number of likely N-dealkylation sites (tertiary alicyclic amines) is 1. The summed E-state index contributed by atoms with van der Waals surface area (Å²) in [7, 11) is -3.31. The molecule has 1 amide bonds. The Morgan fingerprint density at radius 2 is 2.18 bits per heavy atom. The molecule has 0 aromatic heterocycles. The molecule has 0 N–H and O–H groups in total. The number of carbonyl (C=O) groups is 1. The Kier molecular flexibility index (Phi) is 4.94. The highest BCUT2D eigenvalue weighted by molar-refractivity contribution is 7.92. The van der Waals surface area contributed by atoms with E-state index in [-0.39, 0.29) is 12.0 Å². The smallest absolute Gasteiger partial charge is 0.240 e. The summed E-state index contributed by atoms with van der Waals surface area (Å²) >= 11 is 0. The normalized spacial score (nSPS) is 23.5. The van der Waals surface area contributed by atoms with Crippen LogP contribution in [-0.4, -0.2) is 56.5 Å². The van der Waals surface area contributed by atoms with Crippen LogP contribution in [0, 0.1) is 0 Å². The van der Waals surface area contributed by atoms with Crippen molar-refractivity contribution in [2.24, 2.45) is 0 Å². The van der Waals surface area contributed by atoms with E-state index in [4.69, 9.17) is 4.74 Å². The van der Waals surface area contributed by atoms with Gasteiger partial charge in [0.1, 0.15) is 5.25 Å². The molecular formula is C11H21NO4S. The summed E-state index contributed by atoms with van der Waals surface area (Å²) in [4.78, 5) is 13.6. The van der Waals surface area contributed by atoms with Gasteiger partial charge in [-0.1, -0.05) is 0 Å². The minimum atomic E-state index is -3.31. The van der Waals surface area contributed by atoms with Crippen LogP contribution >= 0.6 is 0 Å². The van der Waals surface area contributed by atoms with Gasteiger partial charge in [0.2, 0.25) is 5.91 Å². The van der Waals surface area contributed by atoms with Crippen molar-refractivity contribution in [2.45, 2.75) is 38.0 Å². The molecule has 1 heterocycles. The number of carbonyl (C=O) groups excluding carboxylic acids is 1. The van der Waals surface area contributed by atoms with Gasteiger partial charge in [-0.3, -0.25) is 4.79 Å². The molecule has 0 aliphatic carbocycles. The average Bonchev–Trinajstić information content (AvgIpc) is 2.27. The lowest BCUT2D eigenvalue weighted by Crippen LogP contribution is -2.48. The van der Waals surface area contributed by atoms with Gasteiger partial charge in [0, 0.05) is 26.0 Å². The van der Waals surface area contributed by atoms with E-state index in [0.717, 1.165) is 19.1 Å². The van der Waals surface area contributed by atoms with E-state index in [1.807, 2.05) is 6.92 Å². The van der Waals surface area contributed by atoms with Gasteiger partial charge in [0.15, 0.2) is 9.84 Å². The van der Waals surface area contributed by atoms with Gasteiger partial charge in [0.25, 0.3) is 0 Å².